The van der Waals surface area contributed by atoms with Crippen molar-refractivity contribution in [1.82, 2.24) is 0 Å². The van der Waals surface area contributed by atoms with Crippen LogP contribution in [0.5, 0.6) is 0 Å². The SMILES string of the molecule is CC1C(Br)CCC1c1cc2cccc(Cl)c2o1. The Morgan fingerprint density at radius 3 is 2.82 bits per heavy atom. The maximum Gasteiger partial charge on any atom is 0.152 e. The molecule has 3 rings (SSSR count). The maximum atomic E-state index is 6.14. The number of fused-ring (bicyclic) bond motifs is 1. The number of alkyl halides is 1. The molecule has 0 bridgehead atoms. The molecule has 2 aromatic rings. The van der Waals surface area contributed by atoms with E-state index in [1.54, 1.807) is 0 Å². The van der Waals surface area contributed by atoms with Gasteiger partial charge in [-0.2, -0.15) is 0 Å². The second-order valence-electron chi connectivity index (χ2n) is 4.87. The molecule has 0 saturated heterocycles. The lowest BCUT2D eigenvalue weighted by atomic mass is 9.95. The summed E-state index contributed by atoms with van der Waals surface area (Å²) in [7, 11) is 0. The van der Waals surface area contributed by atoms with E-state index in [4.69, 9.17) is 16.0 Å². The van der Waals surface area contributed by atoms with E-state index in [-0.39, 0.29) is 0 Å². The van der Waals surface area contributed by atoms with Gasteiger partial charge in [0, 0.05) is 16.1 Å². The summed E-state index contributed by atoms with van der Waals surface area (Å²) < 4.78 is 5.95. The molecule has 3 unspecified atom stereocenters. The topological polar surface area (TPSA) is 13.1 Å². The average molecular weight is 314 g/mol. The summed E-state index contributed by atoms with van der Waals surface area (Å²) >= 11 is 9.87. The minimum absolute atomic E-state index is 0.517. The van der Waals surface area contributed by atoms with E-state index in [2.05, 4.69) is 35.0 Å². The molecule has 17 heavy (non-hydrogen) atoms. The highest BCUT2D eigenvalue weighted by Crippen LogP contribution is 2.44. The highest BCUT2D eigenvalue weighted by molar-refractivity contribution is 9.09. The van der Waals surface area contributed by atoms with Gasteiger partial charge in [-0.25, -0.2) is 0 Å². The predicted octanol–water partition coefficient (Wildman–Crippen LogP) is 5.36. The standard InChI is InChI=1S/C14H14BrClO/c1-8-10(5-6-11(8)15)13-7-9-3-2-4-12(16)14(9)17-13/h2-4,7-8,10-11H,5-6H2,1H3. The lowest BCUT2D eigenvalue weighted by Gasteiger charge is -2.14. The molecule has 1 aliphatic rings. The third-order valence-corrected chi connectivity index (χ3v) is 5.43. The van der Waals surface area contributed by atoms with E-state index in [1.807, 2.05) is 12.1 Å². The summed E-state index contributed by atoms with van der Waals surface area (Å²) in [5, 5.41) is 1.81. The van der Waals surface area contributed by atoms with Crippen molar-refractivity contribution in [2.75, 3.05) is 0 Å². The van der Waals surface area contributed by atoms with Crippen LogP contribution >= 0.6 is 27.5 Å². The lowest BCUT2D eigenvalue weighted by molar-refractivity contribution is 0.436. The van der Waals surface area contributed by atoms with Gasteiger partial charge in [0.15, 0.2) is 5.58 Å². The van der Waals surface area contributed by atoms with Gasteiger partial charge < -0.3 is 4.42 Å². The van der Waals surface area contributed by atoms with E-state index >= 15 is 0 Å². The van der Waals surface area contributed by atoms with Crippen molar-refractivity contribution < 1.29 is 4.42 Å². The normalized spacial score (nSPS) is 29.0. The number of rotatable bonds is 1. The molecule has 90 valence electrons. The van der Waals surface area contributed by atoms with Gasteiger partial charge in [-0.1, -0.05) is 46.6 Å². The average Bonchev–Trinajstić information content (AvgIpc) is 2.85. The zero-order chi connectivity index (χ0) is 12.0. The first-order chi connectivity index (χ1) is 8.16. The van der Waals surface area contributed by atoms with Crippen LogP contribution in [0.2, 0.25) is 5.02 Å². The molecule has 1 heterocycles. The van der Waals surface area contributed by atoms with Gasteiger partial charge in [0.05, 0.1) is 5.02 Å². The van der Waals surface area contributed by atoms with Crippen LogP contribution in [0, 0.1) is 5.92 Å². The Labute approximate surface area is 114 Å². The van der Waals surface area contributed by atoms with Gasteiger partial charge in [-0.15, -0.1) is 0 Å². The largest absolute Gasteiger partial charge is 0.459 e. The molecule has 0 amide bonds. The zero-order valence-electron chi connectivity index (χ0n) is 9.62. The van der Waals surface area contributed by atoms with Crippen LogP contribution < -0.4 is 0 Å². The Balaban J connectivity index is 2.04. The van der Waals surface area contributed by atoms with Gasteiger partial charge in [0.1, 0.15) is 5.76 Å². The summed E-state index contributed by atoms with van der Waals surface area (Å²) in [6.45, 7) is 2.28. The number of hydrogen-bond donors (Lipinski definition) is 0. The second-order valence-corrected chi connectivity index (χ2v) is 6.45. The number of para-hydroxylation sites is 1. The van der Waals surface area contributed by atoms with E-state index in [0.29, 0.717) is 21.7 Å². The molecule has 0 N–H and O–H groups in total. The van der Waals surface area contributed by atoms with Crippen LogP contribution in [-0.2, 0) is 0 Å². The molecule has 1 aromatic carbocycles. The lowest BCUT2D eigenvalue weighted by Crippen LogP contribution is -2.08. The van der Waals surface area contributed by atoms with E-state index < -0.39 is 0 Å². The molecule has 0 radical (unpaired) electrons. The van der Waals surface area contributed by atoms with Crippen molar-refractivity contribution >= 4 is 38.5 Å². The Bertz CT molecular complexity index is 548. The van der Waals surface area contributed by atoms with Gasteiger partial charge >= 0.3 is 0 Å². The van der Waals surface area contributed by atoms with Crippen LogP contribution in [0.15, 0.2) is 28.7 Å². The fourth-order valence-electron chi connectivity index (χ4n) is 2.75. The first-order valence-corrected chi connectivity index (χ1v) is 7.28. The minimum Gasteiger partial charge on any atom is -0.459 e. The molecular formula is C14H14BrClO. The fourth-order valence-corrected chi connectivity index (χ4v) is 3.60. The highest BCUT2D eigenvalue weighted by Gasteiger charge is 2.34. The number of benzene rings is 1. The van der Waals surface area contributed by atoms with E-state index in [9.17, 15) is 0 Å². The summed E-state index contributed by atoms with van der Waals surface area (Å²) in [5.74, 6) is 2.22. The zero-order valence-corrected chi connectivity index (χ0v) is 12.0. The summed E-state index contributed by atoms with van der Waals surface area (Å²) in [5.41, 5.74) is 0.828. The van der Waals surface area contributed by atoms with Gasteiger partial charge in [0.25, 0.3) is 0 Å². The number of furan rings is 1. The molecule has 1 saturated carbocycles. The Morgan fingerprint density at radius 1 is 1.35 bits per heavy atom. The summed E-state index contributed by atoms with van der Waals surface area (Å²) in [4.78, 5) is 0.608. The minimum atomic E-state index is 0.517. The smallest absolute Gasteiger partial charge is 0.152 e. The quantitative estimate of drug-likeness (QED) is 0.646. The molecule has 1 fully saturated rings. The van der Waals surface area contributed by atoms with Crippen LogP contribution in [0.25, 0.3) is 11.0 Å². The number of hydrogen-bond acceptors (Lipinski definition) is 1. The fraction of sp³-hybridized carbons (Fsp3) is 0.429. The van der Waals surface area contributed by atoms with Gasteiger partial charge in [0.2, 0.25) is 0 Å². The Hall–Kier alpha value is -0.470. The van der Waals surface area contributed by atoms with Crippen molar-refractivity contribution in [1.29, 1.82) is 0 Å². The predicted molar refractivity (Wildman–Crippen MR) is 75.1 cm³/mol. The van der Waals surface area contributed by atoms with Crippen molar-refractivity contribution in [3.8, 4) is 0 Å². The molecule has 3 heteroatoms. The third kappa shape index (κ3) is 1.92. The summed E-state index contributed by atoms with van der Waals surface area (Å²) in [6, 6.07) is 8.05. The van der Waals surface area contributed by atoms with Gasteiger partial charge in [-0.3, -0.25) is 0 Å². The molecule has 0 aliphatic heterocycles. The van der Waals surface area contributed by atoms with Gasteiger partial charge in [-0.05, 0) is 30.9 Å². The molecule has 3 atom stereocenters. The first-order valence-electron chi connectivity index (χ1n) is 5.99. The van der Waals surface area contributed by atoms with Crippen molar-refractivity contribution in [3.05, 3.63) is 35.0 Å². The Morgan fingerprint density at radius 2 is 2.18 bits per heavy atom. The van der Waals surface area contributed by atoms with E-state index in [1.165, 1.54) is 12.8 Å². The van der Waals surface area contributed by atoms with Crippen LogP contribution in [0.3, 0.4) is 0 Å². The molecule has 1 aromatic heterocycles. The highest BCUT2D eigenvalue weighted by atomic mass is 79.9. The monoisotopic (exact) mass is 312 g/mol. The third-order valence-electron chi connectivity index (χ3n) is 3.84. The van der Waals surface area contributed by atoms with E-state index in [0.717, 1.165) is 16.7 Å². The van der Waals surface area contributed by atoms with Crippen LogP contribution in [-0.4, -0.2) is 4.83 Å². The van der Waals surface area contributed by atoms with Crippen LogP contribution in [0.4, 0.5) is 0 Å². The van der Waals surface area contributed by atoms with Crippen molar-refractivity contribution in [2.45, 2.75) is 30.5 Å². The first kappa shape index (κ1) is 11.6. The van der Waals surface area contributed by atoms with Crippen molar-refractivity contribution in [2.24, 2.45) is 5.92 Å². The molecule has 1 nitrogen and oxygen atoms in total. The Kier molecular flexibility index (Phi) is 2.95. The molecule has 0 spiro atoms. The molecular weight excluding hydrogens is 300 g/mol. The number of halogens is 2. The molecule has 1 aliphatic carbocycles. The second kappa shape index (κ2) is 4.33. The summed E-state index contributed by atoms with van der Waals surface area (Å²) in [6.07, 6.45) is 2.41. The van der Waals surface area contributed by atoms with Crippen molar-refractivity contribution in [3.63, 3.8) is 0 Å². The maximum absolute atomic E-state index is 6.14. The van der Waals surface area contributed by atoms with Crippen LogP contribution in [0.1, 0.15) is 31.4 Å².